The molecule has 3 aromatic carbocycles. The Morgan fingerprint density at radius 2 is 1.55 bits per heavy atom. The molecular weight excluding hydrogens is 490 g/mol. The molecule has 0 bridgehead atoms. The van der Waals surface area contributed by atoms with Gasteiger partial charge in [-0.1, -0.05) is 86.1 Å². The highest BCUT2D eigenvalue weighted by Crippen LogP contribution is 2.27. The minimum Gasteiger partial charge on any atom is -0.478 e. The van der Waals surface area contributed by atoms with Crippen LogP contribution in [0.25, 0.3) is 11.1 Å². The maximum Gasteiger partial charge on any atom is 0.336 e. The average molecular weight is 519 g/mol. The van der Waals surface area contributed by atoms with Crippen LogP contribution in [0.5, 0.6) is 0 Å². The first-order chi connectivity index (χ1) is 18.3. The monoisotopic (exact) mass is 518 g/mol. The first-order valence-corrected chi connectivity index (χ1v) is 12.4. The molecule has 0 fully saturated rings. The molecule has 4 aromatic rings. The van der Waals surface area contributed by atoms with Gasteiger partial charge in [0.15, 0.2) is 0 Å². The number of nitrogens with zero attached hydrogens (tertiary/aromatic N) is 2. The molecule has 196 valence electrons. The second-order valence-electron chi connectivity index (χ2n) is 9.04. The van der Waals surface area contributed by atoms with Crippen LogP contribution in [0.3, 0.4) is 0 Å². The van der Waals surface area contributed by atoms with Gasteiger partial charge >= 0.3 is 11.7 Å². The Hall–Kier alpha value is -4.33. The topological polar surface area (TPSA) is 81.3 Å². The highest BCUT2D eigenvalue weighted by molar-refractivity contribution is 5.96. The van der Waals surface area contributed by atoms with Crippen molar-refractivity contribution >= 4 is 11.9 Å². The van der Waals surface area contributed by atoms with Crippen molar-refractivity contribution in [2.75, 3.05) is 0 Å². The van der Waals surface area contributed by atoms with Gasteiger partial charge in [0, 0.05) is 5.69 Å². The zero-order chi connectivity index (χ0) is 27.2. The number of hydrogen-bond donors (Lipinski definition) is 1. The van der Waals surface area contributed by atoms with Crippen LogP contribution in [0.1, 0.15) is 63.9 Å². The molecule has 1 N–H and O–H groups in total. The molecule has 0 spiro atoms. The Balaban J connectivity index is 1.72. The SMILES string of the molecule is CCCCc1c(C(F)F)n(C(=O)Cc2ccccc2)c(=O)n1Cc1ccc(-c2ccccc2C(=O)O)cc1. The summed E-state index contributed by atoms with van der Waals surface area (Å²) in [4.78, 5) is 38.1. The number of benzene rings is 3. The number of unbranched alkanes of at least 4 members (excludes halogenated alkanes) is 1. The zero-order valence-corrected chi connectivity index (χ0v) is 20.9. The van der Waals surface area contributed by atoms with Crippen molar-refractivity contribution < 1.29 is 23.5 Å². The number of rotatable bonds is 10. The molecule has 0 saturated heterocycles. The van der Waals surface area contributed by atoms with Crippen LogP contribution >= 0.6 is 0 Å². The highest BCUT2D eigenvalue weighted by Gasteiger charge is 2.29. The molecule has 8 heteroatoms. The zero-order valence-electron chi connectivity index (χ0n) is 20.9. The third-order valence-electron chi connectivity index (χ3n) is 6.47. The molecule has 0 saturated carbocycles. The Labute approximate surface area is 218 Å². The minimum atomic E-state index is -2.99. The van der Waals surface area contributed by atoms with E-state index in [2.05, 4.69) is 0 Å². The van der Waals surface area contributed by atoms with Gasteiger partial charge in [-0.2, -0.15) is 0 Å². The maximum atomic E-state index is 14.3. The first-order valence-electron chi connectivity index (χ1n) is 12.4. The Bertz CT molecular complexity index is 1490. The number of carbonyl (C=O) groups is 2. The molecule has 0 aliphatic heterocycles. The molecular formula is C30H28F2N2O4. The van der Waals surface area contributed by atoms with Crippen molar-refractivity contribution in [1.82, 2.24) is 9.13 Å². The van der Waals surface area contributed by atoms with Crippen LogP contribution < -0.4 is 5.69 Å². The third kappa shape index (κ3) is 5.64. The Kier molecular flexibility index (Phi) is 8.31. The predicted octanol–water partition coefficient (Wildman–Crippen LogP) is 6.23. The normalized spacial score (nSPS) is 11.2. The van der Waals surface area contributed by atoms with Crippen LogP contribution in [0.4, 0.5) is 8.78 Å². The molecule has 0 atom stereocenters. The second kappa shape index (κ2) is 11.8. The number of aromatic nitrogens is 2. The lowest BCUT2D eigenvalue weighted by atomic mass is 9.99. The number of hydrogen-bond acceptors (Lipinski definition) is 3. The lowest BCUT2D eigenvalue weighted by Gasteiger charge is -2.11. The van der Waals surface area contributed by atoms with Gasteiger partial charge in [-0.25, -0.2) is 22.9 Å². The summed E-state index contributed by atoms with van der Waals surface area (Å²) in [6, 6.07) is 22.3. The number of imidazole rings is 1. The molecule has 0 radical (unpaired) electrons. The third-order valence-corrected chi connectivity index (χ3v) is 6.47. The molecule has 0 unspecified atom stereocenters. The van der Waals surface area contributed by atoms with Crippen molar-refractivity contribution in [1.29, 1.82) is 0 Å². The van der Waals surface area contributed by atoms with Gasteiger partial charge in [0.1, 0.15) is 5.69 Å². The van der Waals surface area contributed by atoms with Crippen molar-refractivity contribution in [3.63, 3.8) is 0 Å². The van der Waals surface area contributed by atoms with E-state index in [4.69, 9.17) is 0 Å². The number of carbonyl (C=O) groups excluding carboxylic acids is 1. The van der Waals surface area contributed by atoms with Gasteiger partial charge in [-0.15, -0.1) is 0 Å². The second-order valence-corrected chi connectivity index (χ2v) is 9.04. The molecule has 0 aliphatic rings. The Morgan fingerprint density at radius 1 is 0.895 bits per heavy atom. The van der Waals surface area contributed by atoms with Gasteiger partial charge < -0.3 is 5.11 Å². The lowest BCUT2D eigenvalue weighted by Crippen LogP contribution is -2.31. The predicted molar refractivity (Wildman–Crippen MR) is 141 cm³/mol. The number of halogens is 2. The summed E-state index contributed by atoms with van der Waals surface area (Å²) in [7, 11) is 0. The average Bonchev–Trinajstić information content (AvgIpc) is 3.19. The van der Waals surface area contributed by atoms with E-state index in [1.807, 2.05) is 6.92 Å². The summed E-state index contributed by atoms with van der Waals surface area (Å²) in [5, 5.41) is 9.49. The van der Waals surface area contributed by atoms with E-state index in [-0.39, 0.29) is 30.6 Å². The number of aromatic carboxylic acids is 1. The lowest BCUT2D eigenvalue weighted by molar-refractivity contribution is 0.0697. The van der Waals surface area contributed by atoms with E-state index in [1.54, 1.807) is 72.8 Å². The summed E-state index contributed by atoms with van der Waals surface area (Å²) in [6.07, 6.45) is -1.61. The van der Waals surface area contributed by atoms with Gasteiger partial charge in [0.25, 0.3) is 6.43 Å². The molecule has 4 rings (SSSR count). The van der Waals surface area contributed by atoms with Crippen molar-refractivity contribution in [2.45, 2.75) is 45.6 Å². The Morgan fingerprint density at radius 3 is 2.18 bits per heavy atom. The van der Waals surface area contributed by atoms with Crippen LogP contribution in [-0.4, -0.2) is 26.1 Å². The fourth-order valence-corrected chi connectivity index (χ4v) is 4.58. The van der Waals surface area contributed by atoms with Crippen LogP contribution in [0.2, 0.25) is 0 Å². The standard InChI is InChI=1S/C30H28F2N2O4/c1-2-3-13-25-27(28(31)32)34(26(35)18-20-9-5-4-6-10-20)30(38)33(25)19-21-14-16-22(17-15-21)23-11-7-8-12-24(23)29(36)37/h4-12,14-17,28H,2-3,13,18-19H2,1H3,(H,36,37). The van der Waals surface area contributed by atoms with E-state index < -0.39 is 29.7 Å². The summed E-state index contributed by atoms with van der Waals surface area (Å²) in [6.45, 7) is 1.93. The summed E-state index contributed by atoms with van der Waals surface area (Å²) in [5.74, 6) is -1.74. The molecule has 0 amide bonds. The van der Waals surface area contributed by atoms with Crippen LogP contribution in [0.15, 0.2) is 83.7 Å². The van der Waals surface area contributed by atoms with Gasteiger partial charge in [-0.3, -0.25) is 9.36 Å². The fourth-order valence-electron chi connectivity index (χ4n) is 4.58. The molecule has 6 nitrogen and oxygen atoms in total. The summed E-state index contributed by atoms with van der Waals surface area (Å²) in [5.41, 5.74) is 1.50. The van der Waals surface area contributed by atoms with Gasteiger partial charge in [0.05, 0.1) is 18.5 Å². The number of alkyl halides is 2. The largest absolute Gasteiger partial charge is 0.478 e. The van der Waals surface area contributed by atoms with Crippen LogP contribution in [-0.2, 0) is 19.4 Å². The number of carboxylic acid groups (broad SMARTS) is 1. The van der Waals surface area contributed by atoms with Crippen molar-refractivity contribution in [3.05, 3.63) is 117 Å². The molecule has 1 aromatic heterocycles. The van der Waals surface area contributed by atoms with E-state index in [9.17, 15) is 28.3 Å². The van der Waals surface area contributed by atoms with Crippen LogP contribution in [0, 0.1) is 0 Å². The molecule has 1 heterocycles. The fraction of sp³-hybridized carbons (Fsp3) is 0.233. The molecule has 38 heavy (non-hydrogen) atoms. The first kappa shape index (κ1) is 26.7. The van der Waals surface area contributed by atoms with E-state index in [0.29, 0.717) is 33.2 Å². The van der Waals surface area contributed by atoms with Gasteiger partial charge in [-0.05, 0) is 41.2 Å². The summed E-state index contributed by atoms with van der Waals surface area (Å²) >= 11 is 0. The maximum absolute atomic E-state index is 14.3. The molecule has 0 aliphatic carbocycles. The summed E-state index contributed by atoms with van der Waals surface area (Å²) < 4.78 is 30.5. The van der Waals surface area contributed by atoms with Gasteiger partial charge in [0.2, 0.25) is 5.91 Å². The van der Waals surface area contributed by atoms with E-state index in [0.717, 1.165) is 6.42 Å². The van der Waals surface area contributed by atoms with Crippen molar-refractivity contribution in [2.24, 2.45) is 0 Å². The minimum absolute atomic E-state index is 0.00404. The van der Waals surface area contributed by atoms with E-state index >= 15 is 0 Å². The highest BCUT2D eigenvalue weighted by atomic mass is 19.3. The van der Waals surface area contributed by atoms with Crippen molar-refractivity contribution in [3.8, 4) is 11.1 Å². The quantitative estimate of drug-likeness (QED) is 0.270. The van der Waals surface area contributed by atoms with E-state index in [1.165, 1.54) is 10.6 Å². The number of carboxylic acids is 1. The smallest absolute Gasteiger partial charge is 0.336 e.